The van der Waals surface area contributed by atoms with E-state index in [1.807, 2.05) is 19.2 Å². The molecular weight excluding hydrogens is 295 g/mol. The highest BCUT2D eigenvalue weighted by molar-refractivity contribution is 6.42. The first-order chi connectivity index (χ1) is 9.04. The molecule has 0 aliphatic heterocycles. The van der Waals surface area contributed by atoms with Gasteiger partial charge in [-0.2, -0.15) is 0 Å². The average Bonchev–Trinajstić information content (AvgIpc) is 2.37. The largest absolute Gasteiger partial charge is 0.375 e. The maximum atomic E-state index is 11.9. The van der Waals surface area contributed by atoms with E-state index in [1.54, 1.807) is 6.07 Å². The summed E-state index contributed by atoms with van der Waals surface area (Å²) in [4.78, 5) is 0. The van der Waals surface area contributed by atoms with Crippen molar-refractivity contribution in [3.63, 3.8) is 0 Å². The molecule has 0 amide bonds. The summed E-state index contributed by atoms with van der Waals surface area (Å²) in [5, 5.41) is 4.17. The third kappa shape index (κ3) is 6.04. The quantitative estimate of drug-likeness (QED) is 0.737. The topological polar surface area (TPSA) is 21.3 Å². The van der Waals surface area contributed by atoms with Crippen LogP contribution in [0, 0.1) is 0 Å². The van der Waals surface area contributed by atoms with Gasteiger partial charge in [0.1, 0.15) is 6.61 Å². The van der Waals surface area contributed by atoms with E-state index in [0.29, 0.717) is 22.9 Å². The van der Waals surface area contributed by atoms with Gasteiger partial charge in [-0.15, -0.1) is 0 Å². The molecule has 0 spiro atoms. The molecule has 1 rings (SSSR count). The van der Waals surface area contributed by atoms with E-state index in [9.17, 15) is 8.78 Å². The molecule has 6 heteroatoms. The molecule has 0 bridgehead atoms. The minimum absolute atomic E-state index is 0.105. The van der Waals surface area contributed by atoms with Crippen LogP contribution in [-0.4, -0.2) is 32.7 Å². The van der Waals surface area contributed by atoms with Crippen LogP contribution in [0.3, 0.4) is 0 Å². The number of benzene rings is 1. The molecule has 1 atom stereocenters. The van der Waals surface area contributed by atoms with Crippen LogP contribution in [-0.2, 0) is 11.2 Å². The van der Waals surface area contributed by atoms with Crippen LogP contribution in [0.25, 0.3) is 0 Å². The van der Waals surface area contributed by atoms with Crippen LogP contribution in [0.1, 0.15) is 12.0 Å². The van der Waals surface area contributed by atoms with Crippen molar-refractivity contribution in [3.8, 4) is 0 Å². The van der Waals surface area contributed by atoms with Gasteiger partial charge < -0.3 is 10.1 Å². The maximum Gasteiger partial charge on any atom is 0.261 e. The van der Waals surface area contributed by atoms with E-state index in [4.69, 9.17) is 27.9 Å². The number of hydrogen-bond donors (Lipinski definition) is 1. The molecule has 0 aromatic heterocycles. The van der Waals surface area contributed by atoms with Crippen molar-refractivity contribution in [2.24, 2.45) is 0 Å². The summed E-state index contributed by atoms with van der Waals surface area (Å²) in [6, 6.07) is 5.57. The van der Waals surface area contributed by atoms with Gasteiger partial charge in [-0.05, 0) is 31.5 Å². The van der Waals surface area contributed by atoms with Gasteiger partial charge in [0, 0.05) is 12.6 Å². The second kappa shape index (κ2) is 8.69. The number of nitrogens with one attached hydrogen (secondary N) is 1. The zero-order chi connectivity index (χ0) is 14.3. The standard InChI is InChI=1S/C13H17Cl2F2NO/c1-18-10(5-6-19-8-12(16)17)7-9-3-2-4-11(14)13(9)15/h2-4,10,12,18H,5-8H2,1H3. The molecule has 1 aromatic rings. The van der Waals surface area contributed by atoms with Crippen LogP contribution in [0.2, 0.25) is 10.0 Å². The van der Waals surface area contributed by atoms with Crippen LogP contribution in [0.5, 0.6) is 0 Å². The van der Waals surface area contributed by atoms with Crippen LogP contribution < -0.4 is 5.32 Å². The van der Waals surface area contributed by atoms with E-state index < -0.39 is 13.0 Å². The predicted octanol–water partition coefficient (Wildman–Crippen LogP) is 3.80. The third-order valence-electron chi connectivity index (χ3n) is 2.76. The second-order valence-corrected chi connectivity index (χ2v) is 4.94. The van der Waals surface area contributed by atoms with Crippen molar-refractivity contribution < 1.29 is 13.5 Å². The SMILES string of the molecule is CNC(CCOCC(F)F)Cc1cccc(Cl)c1Cl. The molecule has 2 nitrogen and oxygen atoms in total. The lowest BCUT2D eigenvalue weighted by molar-refractivity contribution is 0.0146. The summed E-state index contributed by atoms with van der Waals surface area (Å²) >= 11 is 12.0. The lowest BCUT2D eigenvalue weighted by atomic mass is 10.0. The highest BCUT2D eigenvalue weighted by atomic mass is 35.5. The summed E-state index contributed by atoms with van der Waals surface area (Å²) in [5.41, 5.74) is 0.933. The molecule has 0 heterocycles. The first-order valence-corrected chi connectivity index (χ1v) is 6.76. The second-order valence-electron chi connectivity index (χ2n) is 4.16. The van der Waals surface area contributed by atoms with Gasteiger partial charge in [0.15, 0.2) is 0 Å². The normalized spacial score (nSPS) is 12.9. The lowest BCUT2D eigenvalue weighted by Gasteiger charge is -2.17. The first kappa shape index (κ1) is 16.6. The number of halogens is 4. The molecule has 0 aliphatic rings. The highest BCUT2D eigenvalue weighted by Crippen LogP contribution is 2.26. The molecule has 1 aromatic carbocycles. The summed E-state index contributed by atoms with van der Waals surface area (Å²) in [6.07, 6.45) is -1.12. The van der Waals surface area contributed by atoms with Crippen LogP contribution in [0.15, 0.2) is 18.2 Å². The number of alkyl halides is 2. The van der Waals surface area contributed by atoms with E-state index >= 15 is 0 Å². The first-order valence-electron chi connectivity index (χ1n) is 6.00. The van der Waals surface area contributed by atoms with Gasteiger partial charge in [0.2, 0.25) is 0 Å². The smallest absolute Gasteiger partial charge is 0.261 e. The minimum Gasteiger partial charge on any atom is -0.375 e. The fourth-order valence-corrected chi connectivity index (χ4v) is 2.12. The van der Waals surface area contributed by atoms with Gasteiger partial charge in [0.05, 0.1) is 10.0 Å². The van der Waals surface area contributed by atoms with Crippen LogP contribution >= 0.6 is 23.2 Å². The molecule has 0 saturated heterocycles. The van der Waals surface area contributed by atoms with Gasteiger partial charge in [-0.25, -0.2) is 8.78 Å². The average molecular weight is 312 g/mol. The van der Waals surface area contributed by atoms with Crippen molar-refractivity contribution >= 4 is 23.2 Å². The maximum absolute atomic E-state index is 11.9. The van der Waals surface area contributed by atoms with Crippen molar-refractivity contribution in [1.29, 1.82) is 0 Å². The summed E-state index contributed by atoms with van der Waals surface area (Å²) < 4.78 is 28.7. The minimum atomic E-state index is -2.42. The van der Waals surface area contributed by atoms with Crippen molar-refractivity contribution in [3.05, 3.63) is 33.8 Å². The van der Waals surface area contributed by atoms with E-state index in [-0.39, 0.29) is 12.6 Å². The number of likely N-dealkylation sites (N-methyl/N-ethyl adjacent to an activating group) is 1. The van der Waals surface area contributed by atoms with E-state index in [2.05, 4.69) is 5.32 Å². The molecule has 0 fully saturated rings. The molecule has 0 aliphatic carbocycles. The highest BCUT2D eigenvalue weighted by Gasteiger charge is 2.12. The summed E-state index contributed by atoms with van der Waals surface area (Å²) in [7, 11) is 1.82. The van der Waals surface area contributed by atoms with Gasteiger partial charge >= 0.3 is 0 Å². The molecule has 1 unspecified atom stereocenters. The van der Waals surface area contributed by atoms with Gasteiger partial charge in [-0.1, -0.05) is 35.3 Å². The van der Waals surface area contributed by atoms with E-state index in [0.717, 1.165) is 5.56 Å². The number of hydrogen-bond acceptors (Lipinski definition) is 2. The molecule has 0 saturated carbocycles. The zero-order valence-electron chi connectivity index (χ0n) is 10.6. The Balaban J connectivity index is 2.45. The Labute approximate surface area is 122 Å². The molecular formula is C13H17Cl2F2NO. The zero-order valence-corrected chi connectivity index (χ0v) is 12.1. The van der Waals surface area contributed by atoms with E-state index in [1.165, 1.54) is 0 Å². The Bertz CT molecular complexity index is 391. The predicted molar refractivity (Wildman–Crippen MR) is 74.5 cm³/mol. The lowest BCUT2D eigenvalue weighted by Crippen LogP contribution is -2.29. The number of rotatable bonds is 8. The Morgan fingerprint density at radius 3 is 2.68 bits per heavy atom. The fraction of sp³-hybridized carbons (Fsp3) is 0.538. The monoisotopic (exact) mass is 311 g/mol. The summed E-state index contributed by atoms with van der Waals surface area (Å²) in [5.74, 6) is 0. The Kier molecular flexibility index (Phi) is 7.61. The molecule has 1 N–H and O–H groups in total. The Morgan fingerprint density at radius 1 is 1.32 bits per heavy atom. The Hall–Kier alpha value is -0.420. The fourth-order valence-electron chi connectivity index (χ4n) is 1.72. The summed E-state index contributed by atoms with van der Waals surface area (Å²) in [6.45, 7) is -0.234. The van der Waals surface area contributed by atoms with Crippen molar-refractivity contribution in [2.45, 2.75) is 25.3 Å². The Morgan fingerprint density at radius 2 is 2.05 bits per heavy atom. The third-order valence-corrected chi connectivity index (χ3v) is 3.62. The van der Waals surface area contributed by atoms with Crippen LogP contribution in [0.4, 0.5) is 8.78 Å². The van der Waals surface area contributed by atoms with Gasteiger partial charge in [-0.3, -0.25) is 0 Å². The number of ether oxygens (including phenoxy) is 1. The van der Waals surface area contributed by atoms with Gasteiger partial charge in [0.25, 0.3) is 6.43 Å². The molecule has 19 heavy (non-hydrogen) atoms. The molecule has 108 valence electrons. The van der Waals surface area contributed by atoms with Crippen molar-refractivity contribution in [2.75, 3.05) is 20.3 Å². The molecule has 0 radical (unpaired) electrons. The van der Waals surface area contributed by atoms with Crippen molar-refractivity contribution in [1.82, 2.24) is 5.32 Å².